The molecule has 33 heavy (non-hydrogen) atoms. The highest BCUT2D eigenvalue weighted by atomic mass is 19.4. The van der Waals surface area contributed by atoms with Gasteiger partial charge in [-0.1, -0.05) is 36.4 Å². The van der Waals surface area contributed by atoms with Crippen LogP contribution >= 0.6 is 0 Å². The van der Waals surface area contributed by atoms with E-state index in [1.54, 1.807) is 30.3 Å². The molecule has 1 atom stereocenters. The Morgan fingerprint density at radius 2 is 1.70 bits per heavy atom. The maximum absolute atomic E-state index is 13.0. The number of nitrogens with one attached hydrogen (secondary N) is 2. The van der Waals surface area contributed by atoms with Crippen molar-refractivity contribution in [3.63, 3.8) is 0 Å². The standard InChI is InChI=1S/C21H15F6N5O/c22-20(23,24)16-8-9-32(31-16)11-17(33)30-18(12-4-2-1-3-5-12)13-6-7-14-15(10-13)29-19(28-14)21(25,26)27/h1-10,18H,11H2,(H,28,29)(H,30,33)/t18-/m1/s1. The van der Waals surface area contributed by atoms with E-state index in [0.29, 0.717) is 11.1 Å². The van der Waals surface area contributed by atoms with Crippen LogP contribution in [-0.4, -0.2) is 25.7 Å². The van der Waals surface area contributed by atoms with E-state index >= 15 is 0 Å². The van der Waals surface area contributed by atoms with Gasteiger partial charge in [0.1, 0.15) is 6.54 Å². The fourth-order valence-corrected chi connectivity index (χ4v) is 3.30. The zero-order chi connectivity index (χ0) is 23.8. The minimum atomic E-state index is -4.65. The molecule has 6 nitrogen and oxygen atoms in total. The minimum Gasteiger partial charge on any atom is -0.344 e. The number of imidazole rings is 1. The number of carbonyl (C=O) groups excluding carboxylic acids is 1. The Morgan fingerprint density at radius 1 is 0.970 bits per heavy atom. The Labute approximate surface area is 182 Å². The van der Waals surface area contributed by atoms with E-state index in [0.717, 1.165) is 16.9 Å². The predicted octanol–water partition coefficient (Wildman–Crippen LogP) is 4.70. The normalized spacial score (nSPS) is 13.3. The quantitative estimate of drug-likeness (QED) is 0.418. The number of hydrogen-bond acceptors (Lipinski definition) is 3. The Morgan fingerprint density at radius 3 is 2.33 bits per heavy atom. The second kappa shape index (κ2) is 8.26. The molecular formula is C21H15F6N5O. The van der Waals surface area contributed by atoms with Crippen LogP contribution < -0.4 is 5.32 Å². The molecule has 0 aliphatic carbocycles. The Kier molecular flexibility index (Phi) is 5.60. The second-order valence-corrected chi connectivity index (χ2v) is 7.17. The van der Waals surface area contributed by atoms with Gasteiger partial charge in [-0.05, 0) is 29.3 Å². The summed E-state index contributed by atoms with van der Waals surface area (Å²) in [6.45, 7) is -0.482. The number of hydrogen-bond donors (Lipinski definition) is 2. The van der Waals surface area contributed by atoms with Crippen molar-refractivity contribution in [2.24, 2.45) is 0 Å². The van der Waals surface area contributed by atoms with Crippen LogP contribution in [0.1, 0.15) is 28.7 Å². The van der Waals surface area contributed by atoms with Crippen molar-refractivity contribution in [3.05, 3.63) is 83.4 Å². The molecule has 4 aromatic rings. The van der Waals surface area contributed by atoms with Crippen molar-refractivity contribution < 1.29 is 31.1 Å². The number of aromatic nitrogens is 4. The van der Waals surface area contributed by atoms with E-state index in [-0.39, 0.29) is 11.0 Å². The van der Waals surface area contributed by atoms with Crippen LogP contribution in [0, 0.1) is 0 Å². The third-order valence-corrected chi connectivity index (χ3v) is 4.78. The van der Waals surface area contributed by atoms with Crippen LogP contribution in [0.2, 0.25) is 0 Å². The summed E-state index contributed by atoms with van der Waals surface area (Å²) in [5, 5.41) is 6.06. The number of nitrogens with zero attached hydrogens (tertiary/aromatic N) is 3. The predicted molar refractivity (Wildman–Crippen MR) is 105 cm³/mol. The molecule has 2 N–H and O–H groups in total. The molecule has 4 rings (SSSR count). The molecule has 0 aliphatic heterocycles. The number of H-pyrrole nitrogens is 1. The van der Waals surface area contributed by atoms with Gasteiger partial charge in [-0.25, -0.2) is 4.98 Å². The number of amides is 1. The highest BCUT2D eigenvalue weighted by molar-refractivity contribution is 5.79. The summed E-state index contributed by atoms with van der Waals surface area (Å²) in [5.74, 6) is -1.78. The van der Waals surface area contributed by atoms with E-state index in [1.165, 1.54) is 18.2 Å². The SMILES string of the molecule is O=C(Cn1ccc(C(F)(F)F)n1)N[C@H](c1ccccc1)c1ccc2nc(C(F)(F)F)[nH]c2c1. The molecule has 2 aromatic carbocycles. The Bertz CT molecular complexity index is 1280. The van der Waals surface area contributed by atoms with Crippen molar-refractivity contribution in [1.82, 2.24) is 25.1 Å². The van der Waals surface area contributed by atoms with Crippen molar-refractivity contribution in [1.29, 1.82) is 0 Å². The van der Waals surface area contributed by atoms with Crippen molar-refractivity contribution in [2.45, 2.75) is 24.9 Å². The average molecular weight is 467 g/mol. The summed E-state index contributed by atoms with van der Waals surface area (Å²) in [7, 11) is 0. The van der Waals surface area contributed by atoms with Gasteiger partial charge in [0.25, 0.3) is 0 Å². The molecular weight excluding hydrogens is 452 g/mol. The number of alkyl halides is 6. The third kappa shape index (κ3) is 4.99. The van der Waals surface area contributed by atoms with Gasteiger partial charge in [0.05, 0.1) is 17.1 Å². The number of benzene rings is 2. The number of fused-ring (bicyclic) bond motifs is 1. The molecule has 2 heterocycles. The molecule has 0 spiro atoms. The largest absolute Gasteiger partial charge is 0.449 e. The Balaban J connectivity index is 1.62. The zero-order valence-electron chi connectivity index (χ0n) is 16.6. The van der Waals surface area contributed by atoms with E-state index in [2.05, 4.69) is 20.4 Å². The van der Waals surface area contributed by atoms with Crippen LogP contribution in [0.25, 0.3) is 11.0 Å². The van der Waals surface area contributed by atoms with Crippen molar-refractivity contribution >= 4 is 16.9 Å². The zero-order valence-corrected chi connectivity index (χ0v) is 16.6. The van der Waals surface area contributed by atoms with E-state index in [1.807, 2.05) is 0 Å². The number of halogens is 6. The number of carbonyl (C=O) groups is 1. The molecule has 0 fully saturated rings. The van der Waals surface area contributed by atoms with Crippen LogP contribution in [0.3, 0.4) is 0 Å². The van der Waals surface area contributed by atoms with Crippen LogP contribution in [0.15, 0.2) is 60.8 Å². The molecule has 0 aliphatic rings. The third-order valence-electron chi connectivity index (χ3n) is 4.78. The molecule has 0 unspecified atom stereocenters. The summed E-state index contributed by atoms with van der Waals surface area (Å²) in [6.07, 6.45) is -8.25. The number of rotatable bonds is 5. The lowest BCUT2D eigenvalue weighted by molar-refractivity contribution is -0.144. The van der Waals surface area contributed by atoms with Gasteiger partial charge in [-0.3, -0.25) is 9.48 Å². The molecule has 12 heteroatoms. The highest BCUT2D eigenvalue weighted by Crippen LogP contribution is 2.31. The maximum Gasteiger partial charge on any atom is 0.449 e. The molecule has 2 aromatic heterocycles. The lowest BCUT2D eigenvalue weighted by Crippen LogP contribution is -2.32. The molecule has 0 radical (unpaired) electrons. The first-order chi connectivity index (χ1) is 15.5. The highest BCUT2D eigenvalue weighted by Gasteiger charge is 2.35. The molecule has 172 valence electrons. The molecule has 0 bridgehead atoms. The van der Waals surface area contributed by atoms with Crippen LogP contribution in [0.5, 0.6) is 0 Å². The Hall–Kier alpha value is -3.83. The van der Waals surface area contributed by atoms with E-state index < -0.39 is 42.4 Å². The van der Waals surface area contributed by atoms with E-state index in [4.69, 9.17) is 0 Å². The van der Waals surface area contributed by atoms with Gasteiger partial charge < -0.3 is 10.3 Å². The summed E-state index contributed by atoms with van der Waals surface area (Å²) >= 11 is 0. The van der Waals surface area contributed by atoms with Crippen molar-refractivity contribution in [3.8, 4) is 0 Å². The lowest BCUT2D eigenvalue weighted by atomic mass is 9.98. The summed E-state index contributed by atoms with van der Waals surface area (Å²) in [6, 6.07) is 12.9. The van der Waals surface area contributed by atoms with E-state index in [9.17, 15) is 31.1 Å². The monoisotopic (exact) mass is 467 g/mol. The van der Waals surface area contributed by atoms with Gasteiger partial charge in [-0.15, -0.1) is 0 Å². The van der Waals surface area contributed by atoms with Gasteiger partial charge in [0.2, 0.25) is 11.7 Å². The average Bonchev–Trinajstić information content (AvgIpc) is 3.39. The summed E-state index contributed by atoms with van der Waals surface area (Å²) in [4.78, 5) is 18.4. The fraction of sp³-hybridized carbons (Fsp3) is 0.190. The van der Waals surface area contributed by atoms with Crippen LogP contribution in [0.4, 0.5) is 26.3 Å². The second-order valence-electron chi connectivity index (χ2n) is 7.17. The van der Waals surface area contributed by atoms with Gasteiger partial charge in [0.15, 0.2) is 5.69 Å². The maximum atomic E-state index is 13.0. The molecule has 0 saturated carbocycles. The smallest absolute Gasteiger partial charge is 0.344 e. The fourth-order valence-electron chi connectivity index (χ4n) is 3.30. The number of aromatic amines is 1. The van der Waals surface area contributed by atoms with Gasteiger partial charge in [0, 0.05) is 6.20 Å². The summed E-state index contributed by atoms with van der Waals surface area (Å²) in [5.41, 5.74) is 0.172. The molecule has 1 amide bonds. The van der Waals surface area contributed by atoms with Gasteiger partial charge >= 0.3 is 12.4 Å². The minimum absolute atomic E-state index is 0.0976. The molecule has 0 saturated heterocycles. The first kappa shape index (κ1) is 22.4. The first-order valence-electron chi connectivity index (χ1n) is 9.52. The van der Waals surface area contributed by atoms with Gasteiger partial charge in [-0.2, -0.15) is 31.4 Å². The van der Waals surface area contributed by atoms with Crippen LogP contribution in [-0.2, 0) is 23.7 Å². The first-order valence-corrected chi connectivity index (χ1v) is 9.52. The van der Waals surface area contributed by atoms with Crippen molar-refractivity contribution in [2.75, 3.05) is 0 Å². The topological polar surface area (TPSA) is 75.6 Å². The lowest BCUT2D eigenvalue weighted by Gasteiger charge is -2.20. The summed E-state index contributed by atoms with van der Waals surface area (Å²) < 4.78 is 78.0.